The normalized spacial score (nSPS) is 31.1. The lowest BCUT2D eigenvalue weighted by atomic mass is 9.85. The van der Waals surface area contributed by atoms with Gasteiger partial charge in [0.05, 0.1) is 6.04 Å². The predicted molar refractivity (Wildman–Crippen MR) is 63.9 cm³/mol. The molecule has 0 aromatic carbocycles. The summed E-state index contributed by atoms with van der Waals surface area (Å²) in [5, 5.41) is 9.75. The molecule has 0 bridgehead atoms. The van der Waals surface area contributed by atoms with Gasteiger partial charge in [0.25, 0.3) is 11.7 Å². The van der Waals surface area contributed by atoms with Crippen molar-refractivity contribution in [1.82, 2.24) is 20.8 Å². The molecule has 3 unspecified atom stereocenters. The average Bonchev–Trinajstić information content (AvgIpc) is 3.03. The van der Waals surface area contributed by atoms with Crippen molar-refractivity contribution in [3.8, 4) is 0 Å². The van der Waals surface area contributed by atoms with Crippen molar-refractivity contribution in [3.05, 3.63) is 11.7 Å². The Morgan fingerprint density at radius 1 is 1.44 bits per heavy atom. The number of rotatable bonds is 2. The van der Waals surface area contributed by atoms with Gasteiger partial charge in [-0.1, -0.05) is 18.0 Å². The zero-order valence-corrected chi connectivity index (χ0v) is 10.5. The number of nitrogens with zero attached hydrogens (tertiary/aromatic N) is 2. The summed E-state index contributed by atoms with van der Waals surface area (Å²) in [7, 11) is 1.56. The van der Waals surface area contributed by atoms with Gasteiger partial charge in [0, 0.05) is 13.1 Å². The van der Waals surface area contributed by atoms with Crippen LogP contribution in [0.1, 0.15) is 54.7 Å². The first-order valence-corrected chi connectivity index (χ1v) is 6.59. The largest absolute Gasteiger partial charge is 0.352 e. The summed E-state index contributed by atoms with van der Waals surface area (Å²) in [6.45, 7) is 0. The van der Waals surface area contributed by atoms with E-state index in [0.717, 1.165) is 12.3 Å². The van der Waals surface area contributed by atoms with E-state index in [1.807, 2.05) is 0 Å². The molecule has 1 aromatic rings. The van der Waals surface area contributed by atoms with Crippen LogP contribution in [0.4, 0.5) is 0 Å². The summed E-state index contributed by atoms with van der Waals surface area (Å²) in [5.41, 5.74) is 0. The highest BCUT2D eigenvalue weighted by Gasteiger charge is 2.38. The van der Waals surface area contributed by atoms with Crippen molar-refractivity contribution < 1.29 is 9.32 Å². The standard InChI is InChI=1S/C12H18N4O2/c1-13-11(17)10-15-12(18-16-10)9-6-7-4-2-3-5-8(7)14-9/h7-9,14H,2-6H2,1H3,(H,13,17). The molecule has 2 fully saturated rings. The predicted octanol–water partition coefficient (Wildman–Crippen LogP) is 1.02. The fourth-order valence-electron chi connectivity index (χ4n) is 3.09. The SMILES string of the molecule is CNC(=O)c1noc(C2CC3CCCCC3N2)n1. The number of hydrogen-bond donors (Lipinski definition) is 2. The van der Waals surface area contributed by atoms with Crippen LogP contribution in [0.2, 0.25) is 0 Å². The Bertz CT molecular complexity index is 431. The van der Waals surface area contributed by atoms with Crippen molar-refractivity contribution in [2.75, 3.05) is 7.05 Å². The highest BCUT2D eigenvalue weighted by molar-refractivity contribution is 5.89. The number of aromatic nitrogens is 2. The van der Waals surface area contributed by atoms with Gasteiger partial charge in [-0.15, -0.1) is 0 Å². The van der Waals surface area contributed by atoms with E-state index in [1.54, 1.807) is 7.05 Å². The van der Waals surface area contributed by atoms with E-state index in [0.29, 0.717) is 11.9 Å². The van der Waals surface area contributed by atoms with Gasteiger partial charge in [-0.2, -0.15) is 4.98 Å². The smallest absolute Gasteiger partial charge is 0.292 e. The van der Waals surface area contributed by atoms with Crippen molar-refractivity contribution in [2.24, 2.45) is 5.92 Å². The van der Waals surface area contributed by atoms with Crippen LogP contribution in [0.5, 0.6) is 0 Å². The molecule has 1 aromatic heterocycles. The number of carbonyl (C=O) groups is 1. The molecular formula is C12H18N4O2. The zero-order chi connectivity index (χ0) is 12.5. The molecule has 3 atom stereocenters. The Hall–Kier alpha value is -1.43. The zero-order valence-electron chi connectivity index (χ0n) is 10.5. The number of carbonyl (C=O) groups excluding carboxylic acids is 1. The quantitative estimate of drug-likeness (QED) is 0.819. The van der Waals surface area contributed by atoms with Crippen molar-refractivity contribution in [1.29, 1.82) is 0 Å². The third-order valence-electron chi connectivity index (χ3n) is 4.03. The minimum atomic E-state index is -0.305. The Kier molecular flexibility index (Phi) is 3.03. The maximum absolute atomic E-state index is 11.4. The number of fused-ring (bicyclic) bond motifs is 1. The Balaban J connectivity index is 1.72. The third-order valence-corrected chi connectivity index (χ3v) is 4.03. The van der Waals surface area contributed by atoms with E-state index in [9.17, 15) is 4.79 Å². The molecule has 18 heavy (non-hydrogen) atoms. The van der Waals surface area contributed by atoms with Gasteiger partial charge < -0.3 is 15.2 Å². The Morgan fingerprint density at radius 2 is 2.28 bits per heavy atom. The summed E-state index contributed by atoms with van der Waals surface area (Å²) in [6.07, 6.45) is 6.18. The van der Waals surface area contributed by atoms with Gasteiger partial charge in [0.1, 0.15) is 0 Å². The summed E-state index contributed by atoms with van der Waals surface area (Å²) in [5.74, 6) is 1.08. The average molecular weight is 250 g/mol. The van der Waals surface area contributed by atoms with Gasteiger partial charge in [-0.25, -0.2) is 0 Å². The van der Waals surface area contributed by atoms with Crippen LogP contribution in [0.3, 0.4) is 0 Å². The molecule has 1 aliphatic heterocycles. The van der Waals surface area contributed by atoms with Crippen molar-refractivity contribution in [2.45, 2.75) is 44.2 Å². The number of hydrogen-bond acceptors (Lipinski definition) is 5. The topological polar surface area (TPSA) is 80.0 Å². The van der Waals surface area contributed by atoms with Gasteiger partial charge >= 0.3 is 0 Å². The van der Waals surface area contributed by atoms with Crippen LogP contribution < -0.4 is 10.6 Å². The molecule has 0 radical (unpaired) electrons. The van der Waals surface area contributed by atoms with E-state index in [1.165, 1.54) is 25.7 Å². The molecule has 2 aliphatic rings. The van der Waals surface area contributed by atoms with Crippen molar-refractivity contribution in [3.63, 3.8) is 0 Å². The lowest BCUT2D eigenvalue weighted by Gasteiger charge is -2.24. The molecule has 6 heteroatoms. The van der Waals surface area contributed by atoms with Crippen LogP contribution in [-0.2, 0) is 0 Å². The molecule has 2 N–H and O–H groups in total. The van der Waals surface area contributed by atoms with Gasteiger partial charge in [-0.3, -0.25) is 4.79 Å². The van der Waals surface area contributed by atoms with Gasteiger partial charge in [-0.05, 0) is 25.2 Å². The monoisotopic (exact) mass is 250 g/mol. The molecule has 98 valence electrons. The number of nitrogens with one attached hydrogen (secondary N) is 2. The van der Waals surface area contributed by atoms with E-state index < -0.39 is 0 Å². The molecule has 3 rings (SSSR count). The molecule has 1 saturated heterocycles. The van der Waals surface area contributed by atoms with E-state index in [-0.39, 0.29) is 17.8 Å². The maximum atomic E-state index is 11.4. The first-order chi connectivity index (χ1) is 8.78. The lowest BCUT2D eigenvalue weighted by molar-refractivity contribution is 0.0950. The van der Waals surface area contributed by atoms with Crippen LogP contribution in [0.15, 0.2) is 4.52 Å². The fourth-order valence-corrected chi connectivity index (χ4v) is 3.09. The number of amides is 1. The molecular weight excluding hydrogens is 232 g/mol. The summed E-state index contributed by atoms with van der Waals surface area (Å²) in [4.78, 5) is 15.5. The van der Waals surface area contributed by atoms with E-state index >= 15 is 0 Å². The second-order valence-electron chi connectivity index (χ2n) is 5.14. The van der Waals surface area contributed by atoms with Gasteiger partial charge in [0.15, 0.2) is 0 Å². The van der Waals surface area contributed by atoms with Crippen LogP contribution in [0, 0.1) is 5.92 Å². The van der Waals surface area contributed by atoms with Crippen LogP contribution in [-0.4, -0.2) is 29.1 Å². The highest BCUT2D eigenvalue weighted by Crippen LogP contribution is 2.38. The molecule has 6 nitrogen and oxygen atoms in total. The molecule has 1 amide bonds. The Labute approximate surface area is 106 Å². The minimum Gasteiger partial charge on any atom is -0.352 e. The maximum Gasteiger partial charge on any atom is 0.292 e. The lowest BCUT2D eigenvalue weighted by Crippen LogP contribution is -2.30. The third kappa shape index (κ3) is 2.01. The second-order valence-corrected chi connectivity index (χ2v) is 5.14. The minimum absolute atomic E-state index is 0.115. The Morgan fingerprint density at radius 3 is 3.06 bits per heavy atom. The van der Waals surface area contributed by atoms with Crippen LogP contribution >= 0.6 is 0 Å². The molecule has 0 spiro atoms. The first kappa shape index (κ1) is 11.6. The second kappa shape index (κ2) is 4.68. The fraction of sp³-hybridized carbons (Fsp3) is 0.750. The van der Waals surface area contributed by atoms with Crippen molar-refractivity contribution >= 4 is 5.91 Å². The summed E-state index contributed by atoms with van der Waals surface area (Å²) in [6, 6.07) is 0.697. The van der Waals surface area contributed by atoms with E-state index in [2.05, 4.69) is 20.8 Å². The van der Waals surface area contributed by atoms with Crippen LogP contribution in [0.25, 0.3) is 0 Å². The molecule has 2 heterocycles. The van der Waals surface area contributed by atoms with E-state index in [4.69, 9.17) is 4.52 Å². The summed E-state index contributed by atoms with van der Waals surface area (Å²) < 4.78 is 5.19. The molecule has 1 saturated carbocycles. The summed E-state index contributed by atoms with van der Waals surface area (Å²) >= 11 is 0. The molecule has 1 aliphatic carbocycles. The van der Waals surface area contributed by atoms with Gasteiger partial charge in [0.2, 0.25) is 5.89 Å². The first-order valence-electron chi connectivity index (χ1n) is 6.59. The highest BCUT2D eigenvalue weighted by atomic mass is 16.5.